The van der Waals surface area contributed by atoms with Crippen molar-refractivity contribution in [1.82, 2.24) is 10.6 Å². The Bertz CT molecular complexity index is 311. The van der Waals surface area contributed by atoms with Crippen LogP contribution in [0.25, 0.3) is 0 Å². The molecule has 0 spiro atoms. The minimum atomic E-state index is -0.408. The lowest BCUT2D eigenvalue weighted by Crippen LogP contribution is -2.42. The van der Waals surface area contributed by atoms with Crippen LogP contribution in [0.4, 0.5) is 4.79 Å². The number of hydrogen-bond donors (Lipinski definition) is 2. The van der Waals surface area contributed by atoms with Gasteiger partial charge in [-0.25, -0.2) is 4.79 Å². The zero-order valence-corrected chi connectivity index (χ0v) is 13.2. The van der Waals surface area contributed by atoms with Gasteiger partial charge in [0.25, 0.3) is 0 Å². The standard InChI is InChI=1S/C16H30N2O2/c1-16(2,3)20-15(19)18-14-8-6-12(7-9-14)13-5-4-10-17-11-13/h12-14,17H,4-11H2,1-3H3,(H,18,19). The first-order valence-corrected chi connectivity index (χ1v) is 8.14. The van der Waals surface area contributed by atoms with E-state index in [-0.39, 0.29) is 6.09 Å². The molecule has 0 aromatic heterocycles. The van der Waals surface area contributed by atoms with E-state index >= 15 is 0 Å². The lowest BCUT2D eigenvalue weighted by atomic mass is 9.75. The van der Waals surface area contributed by atoms with Crippen molar-refractivity contribution in [2.24, 2.45) is 11.8 Å². The molecule has 2 rings (SSSR count). The van der Waals surface area contributed by atoms with Crippen molar-refractivity contribution in [3.8, 4) is 0 Å². The summed E-state index contributed by atoms with van der Waals surface area (Å²) in [4.78, 5) is 11.8. The number of hydrogen-bond acceptors (Lipinski definition) is 3. The molecule has 1 aliphatic carbocycles. The minimum absolute atomic E-state index is 0.264. The summed E-state index contributed by atoms with van der Waals surface area (Å²) in [6.07, 6.45) is 7.11. The third-order valence-corrected chi connectivity index (χ3v) is 4.49. The Morgan fingerprint density at radius 3 is 2.35 bits per heavy atom. The summed E-state index contributed by atoms with van der Waals surface area (Å²) in [5.74, 6) is 1.70. The Balaban J connectivity index is 1.70. The zero-order valence-electron chi connectivity index (χ0n) is 13.2. The van der Waals surface area contributed by atoms with Crippen molar-refractivity contribution in [1.29, 1.82) is 0 Å². The molecule has 4 heteroatoms. The molecule has 1 atom stereocenters. The fourth-order valence-corrected chi connectivity index (χ4v) is 3.49. The molecule has 1 saturated heterocycles. The van der Waals surface area contributed by atoms with E-state index in [1.807, 2.05) is 20.8 Å². The van der Waals surface area contributed by atoms with E-state index in [0.29, 0.717) is 6.04 Å². The first kappa shape index (κ1) is 15.6. The van der Waals surface area contributed by atoms with Gasteiger partial charge in [0.2, 0.25) is 0 Å². The lowest BCUT2D eigenvalue weighted by Gasteiger charge is -2.36. The summed E-state index contributed by atoms with van der Waals surface area (Å²) in [5, 5.41) is 6.53. The monoisotopic (exact) mass is 282 g/mol. The molecule has 1 saturated carbocycles. The van der Waals surface area contributed by atoms with Crippen LogP contribution in [0.15, 0.2) is 0 Å². The van der Waals surface area contributed by atoms with Gasteiger partial charge in [-0.3, -0.25) is 0 Å². The smallest absolute Gasteiger partial charge is 0.407 e. The van der Waals surface area contributed by atoms with E-state index in [0.717, 1.165) is 24.7 Å². The fourth-order valence-electron chi connectivity index (χ4n) is 3.49. The zero-order chi connectivity index (χ0) is 14.6. The van der Waals surface area contributed by atoms with Crippen molar-refractivity contribution in [2.45, 2.75) is 70.9 Å². The molecule has 0 aromatic rings. The topological polar surface area (TPSA) is 50.4 Å². The summed E-state index contributed by atoms with van der Waals surface area (Å²) < 4.78 is 5.32. The molecule has 20 heavy (non-hydrogen) atoms. The Morgan fingerprint density at radius 2 is 1.80 bits per heavy atom. The molecule has 2 N–H and O–H groups in total. The molecule has 1 heterocycles. The molecule has 1 unspecified atom stereocenters. The second-order valence-corrected chi connectivity index (χ2v) is 7.36. The quantitative estimate of drug-likeness (QED) is 0.818. The van der Waals surface area contributed by atoms with Crippen molar-refractivity contribution in [2.75, 3.05) is 13.1 Å². The van der Waals surface area contributed by atoms with Crippen molar-refractivity contribution in [3.05, 3.63) is 0 Å². The van der Waals surface area contributed by atoms with Gasteiger partial charge in [0.1, 0.15) is 5.60 Å². The van der Waals surface area contributed by atoms with Crippen molar-refractivity contribution < 1.29 is 9.53 Å². The third kappa shape index (κ3) is 4.97. The Kier molecular flexibility index (Phi) is 5.30. The van der Waals surface area contributed by atoms with E-state index in [1.165, 1.54) is 38.8 Å². The molecular formula is C16H30N2O2. The number of piperidine rings is 1. The molecular weight excluding hydrogens is 252 g/mol. The maximum atomic E-state index is 11.8. The van der Waals surface area contributed by atoms with Crippen LogP contribution in [0.2, 0.25) is 0 Å². The normalized spacial score (nSPS) is 31.6. The van der Waals surface area contributed by atoms with Gasteiger partial charge in [0.05, 0.1) is 0 Å². The van der Waals surface area contributed by atoms with Crippen LogP contribution in [0.1, 0.15) is 59.3 Å². The Labute approximate surface area is 123 Å². The Hall–Kier alpha value is -0.770. The van der Waals surface area contributed by atoms with E-state index in [2.05, 4.69) is 10.6 Å². The molecule has 2 aliphatic rings. The third-order valence-electron chi connectivity index (χ3n) is 4.49. The molecule has 0 bridgehead atoms. The highest BCUT2D eigenvalue weighted by Crippen LogP contribution is 2.33. The van der Waals surface area contributed by atoms with Crippen molar-refractivity contribution in [3.63, 3.8) is 0 Å². The van der Waals surface area contributed by atoms with Gasteiger partial charge in [0.15, 0.2) is 0 Å². The molecule has 0 radical (unpaired) electrons. The van der Waals surface area contributed by atoms with E-state index < -0.39 is 5.60 Å². The molecule has 2 fully saturated rings. The number of carbonyl (C=O) groups excluding carboxylic acids is 1. The largest absolute Gasteiger partial charge is 0.444 e. The lowest BCUT2D eigenvalue weighted by molar-refractivity contribution is 0.0480. The molecule has 0 aromatic carbocycles. The van der Waals surface area contributed by atoms with Crippen LogP contribution in [0.5, 0.6) is 0 Å². The summed E-state index contributed by atoms with van der Waals surface area (Å²) in [5.41, 5.74) is -0.408. The second kappa shape index (κ2) is 6.79. The van der Waals surface area contributed by atoms with Crippen LogP contribution < -0.4 is 10.6 Å². The van der Waals surface area contributed by atoms with Gasteiger partial charge in [-0.15, -0.1) is 0 Å². The van der Waals surface area contributed by atoms with E-state index in [9.17, 15) is 4.79 Å². The van der Waals surface area contributed by atoms with Gasteiger partial charge in [-0.1, -0.05) is 0 Å². The van der Waals surface area contributed by atoms with Gasteiger partial charge in [-0.2, -0.15) is 0 Å². The molecule has 1 aliphatic heterocycles. The number of ether oxygens (including phenoxy) is 1. The van der Waals surface area contributed by atoms with Gasteiger partial charge >= 0.3 is 6.09 Å². The highest BCUT2D eigenvalue weighted by Gasteiger charge is 2.29. The number of rotatable bonds is 2. The number of carbonyl (C=O) groups is 1. The highest BCUT2D eigenvalue weighted by atomic mass is 16.6. The average molecular weight is 282 g/mol. The first-order valence-electron chi connectivity index (χ1n) is 8.14. The van der Waals surface area contributed by atoms with Gasteiger partial charge < -0.3 is 15.4 Å². The number of nitrogens with one attached hydrogen (secondary N) is 2. The second-order valence-electron chi connectivity index (χ2n) is 7.36. The summed E-state index contributed by atoms with van der Waals surface area (Å²) in [6.45, 7) is 8.08. The van der Waals surface area contributed by atoms with Crippen LogP contribution in [-0.4, -0.2) is 30.8 Å². The SMILES string of the molecule is CC(C)(C)OC(=O)NC1CCC(C2CCCNC2)CC1. The number of alkyl carbamates (subject to hydrolysis) is 1. The van der Waals surface area contributed by atoms with Crippen LogP contribution in [0.3, 0.4) is 0 Å². The van der Waals surface area contributed by atoms with E-state index in [4.69, 9.17) is 4.74 Å². The summed E-state index contributed by atoms with van der Waals surface area (Å²) in [7, 11) is 0. The average Bonchev–Trinajstić information content (AvgIpc) is 2.38. The van der Waals surface area contributed by atoms with Crippen molar-refractivity contribution >= 4 is 6.09 Å². The predicted octanol–water partition coefficient (Wildman–Crippen LogP) is 3.07. The van der Waals surface area contributed by atoms with Crippen LogP contribution in [-0.2, 0) is 4.74 Å². The molecule has 116 valence electrons. The molecule has 1 amide bonds. The predicted molar refractivity (Wildman–Crippen MR) is 80.7 cm³/mol. The number of amides is 1. The Morgan fingerprint density at radius 1 is 1.10 bits per heavy atom. The van der Waals surface area contributed by atoms with E-state index in [1.54, 1.807) is 0 Å². The maximum Gasteiger partial charge on any atom is 0.407 e. The van der Waals surface area contributed by atoms with Crippen LogP contribution in [0, 0.1) is 11.8 Å². The van der Waals surface area contributed by atoms with Gasteiger partial charge in [0, 0.05) is 6.04 Å². The first-order chi connectivity index (χ1) is 9.44. The highest BCUT2D eigenvalue weighted by molar-refractivity contribution is 5.68. The fraction of sp³-hybridized carbons (Fsp3) is 0.938. The summed E-state index contributed by atoms with van der Waals surface area (Å²) >= 11 is 0. The van der Waals surface area contributed by atoms with Crippen LogP contribution >= 0.6 is 0 Å². The summed E-state index contributed by atoms with van der Waals surface area (Å²) in [6, 6.07) is 0.303. The molecule has 4 nitrogen and oxygen atoms in total. The maximum absolute atomic E-state index is 11.8. The minimum Gasteiger partial charge on any atom is -0.444 e. The van der Waals surface area contributed by atoms with Gasteiger partial charge in [-0.05, 0) is 84.2 Å².